The molecule has 0 aliphatic rings. The molecule has 34 heavy (non-hydrogen) atoms. The molecule has 0 aliphatic carbocycles. The van der Waals surface area contributed by atoms with Crippen LogP contribution in [0.2, 0.25) is 0 Å². The van der Waals surface area contributed by atoms with Crippen molar-refractivity contribution in [2.45, 2.75) is 6.54 Å². The lowest BCUT2D eigenvalue weighted by Crippen LogP contribution is -2.26. The van der Waals surface area contributed by atoms with E-state index in [-0.39, 0.29) is 15.4 Å². The number of carbonyl (C=O) groups excluding carboxylic acids is 1. The number of nitrogens with zero attached hydrogens (tertiary/aromatic N) is 2. The predicted molar refractivity (Wildman–Crippen MR) is 149 cm³/mol. The monoisotopic (exact) mass is 468 g/mol. The molecule has 0 radical (unpaired) electrons. The van der Waals surface area contributed by atoms with Crippen molar-refractivity contribution >= 4 is 25.8 Å². The third-order valence-corrected chi connectivity index (χ3v) is 6.62. The third-order valence-electron chi connectivity index (χ3n) is 4.86. The van der Waals surface area contributed by atoms with Crippen LogP contribution in [-0.2, 0) is 6.54 Å². The number of hydrogen-bond acceptors (Lipinski definition) is 2. The minimum atomic E-state index is -0.234. The average molecular weight is 469 g/mol. The molecule has 4 heteroatoms. The van der Waals surface area contributed by atoms with Gasteiger partial charge in [-0.25, -0.2) is 0 Å². The molecule has 4 aromatic rings. The Labute approximate surface area is 207 Å². The van der Waals surface area contributed by atoms with Gasteiger partial charge in [0.2, 0.25) is 0 Å². The minimum absolute atomic E-state index is 0.0469. The van der Waals surface area contributed by atoms with Crippen LogP contribution in [0.1, 0.15) is 15.9 Å². The molecule has 0 N–H and O–H groups in total. The highest BCUT2D eigenvalue weighted by atomic mass is 28.2. The Hall–Kier alpha value is -3.47. The first-order valence-corrected chi connectivity index (χ1v) is 12.9. The summed E-state index contributed by atoms with van der Waals surface area (Å²) in [5.74, 6) is 0.0469. The van der Waals surface area contributed by atoms with E-state index in [1.165, 1.54) is 15.9 Å². The molecule has 4 rings (SSSR count). The fourth-order valence-electron chi connectivity index (χ4n) is 3.21. The van der Waals surface area contributed by atoms with Gasteiger partial charge in [0.15, 0.2) is 0 Å². The summed E-state index contributed by atoms with van der Waals surface area (Å²) in [4.78, 5) is 15.0. The maximum absolute atomic E-state index is 11.3. The van der Waals surface area contributed by atoms with Gasteiger partial charge in [0, 0.05) is 26.2 Å². The molecule has 0 heterocycles. The van der Waals surface area contributed by atoms with Crippen molar-refractivity contribution < 1.29 is 4.79 Å². The van der Waals surface area contributed by atoms with Crippen LogP contribution >= 0.6 is 0 Å². The Morgan fingerprint density at radius 3 is 1.35 bits per heavy atom. The molecule has 0 saturated heterocycles. The fourth-order valence-corrected chi connectivity index (χ4v) is 4.70. The van der Waals surface area contributed by atoms with Gasteiger partial charge < -0.3 is 9.80 Å². The van der Waals surface area contributed by atoms with Crippen LogP contribution in [0.15, 0.2) is 121 Å². The zero-order valence-corrected chi connectivity index (χ0v) is 22.2. The van der Waals surface area contributed by atoms with Gasteiger partial charge >= 0.3 is 0 Å². The van der Waals surface area contributed by atoms with Gasteiger partial charge in [-0.2, -0.15) is 0 Å². The highest BCUT2D eigenvalue weighted by molar-refractivity contribution is 6.67. The van der Waals surface area contributed by atoms with Crippen LogP contribution in [0.5, 0.6) is 0 Å². The fraction of sp³-hybridized carbons (Fsp3) is 0.167. The van der Waals surface area contributed by atoms with Crippen molar-refractivity contribution in [3.63, 3.8) is 0 Å². The maximum atomic E-state index is 11.3. The first-order valence-electron chi connectivity index (χ1n) is 11.5. The molecule has 0 atom stereocenters. The van der Waals surface area contributed by atoms with Crippen molar-refractivity contribution in [2.75, 3.05) is 28.2 Å². The molecule has 0 bridgehead atoms. The van der Waals surface area contributed by atoms with Crippen molar-refractivity contribution in [1.82, 2.24) is 9.80 Å². The van der Waals surface area contributed by atoms with E-state index in [0.29, 0.717) is 0 Å². The summed E-state index contributed by atoms with van der Waals surface area (Å²) in [6, 6.07) is 41.2. The minimum Gasteiger partial charge on any atom is -0.345 e. The molecule has 0 fully saturated rings. The Morgan fingerprint density at radius 1 is 0.588 bits per heavy atom. The number of benzene rings is 4. The lowest BCUT2D eigenvalue weighted by molar-refractivity contribution is 0.0827. The largest absolute Gasteiger partial charge is 0.345 e. The lowest BCUT2D eigenvalue weighted by atomic mass is 10.2. The Bertz CT molecular complexity index is 1020. The topological polar surface area (TPSA) is 23.6 Å². The molecule has 0 spiro atoms. The van der Waals surface area contributed by atoms with Gasteiger partial charge in [-0.15, -0.1) is 0 Å². The van der Waals surface area contributed by atoms with Crippen LogP contribution in [-0.4, -0.2) is 53.4 Å². The lowest BCUT2D eigenvalue weighted by Gasteiger charge is -2.08. The number of amides is 1. The number of rotatable bonds is 5. The summed E-state index contributed by atoms with van der Waals surface area (Å²) in [7, 11) is 7.41. The molecular weight excluding hydrogens is 432 g/mol. The second kappa shape index (κ2) is 15.4. The van der Waals surface area contributed by atoms with E-state index >= 15 is 0 Å². The molecule has 3 nitrogen and oxygen atoms in total. The van der Waals surface area contributed by atoms with Crippen LogP contribution in [0.25, 0.3) is 0 Å². The quantitative estimate of drug-likeness (QED) is 0.414. The molecule has 1 amide bonds. The number of carbonyl (C=O) groups is 1. The second-order valence-corrected chi connectivity index (χ2v) is 10.4. The Kier molecular flexibility index (Phi) is 12.1. The second-order valence-electron chi connectivity index (χ2n) is 8.44. The van der Waals surface area contributed by atoms with Gasteiger partial charge in [0.1, 0.15) is 0 Å². The summed E-state index contributed by atoms with van der Waals surface area (Å²) in [5.41, 5.74) is 2.10. The summed E-state index contributed by atoms with van der Waals surface area (Å²) in [5, 5.41) is 3.02. The van der Waals surface area contributed by atoms with Crippen LogP contribution < -0.4 is 10.4 Å². The van der Waals surface area contributed by atoms with E-state index in [4.69, 9.17) is 0 Å². The van der Waals surface area contributed by atoms with Gasteiger partial charge in [-0.3, -0.25) is 4.79 Å². The summed E-state index contributed by atoms with van der Waals surface area (Å²) >= 11 is 0. The van der Waals surface area contributed by atoms with Crippen LogP contribution in [0.4, 0.5) is 0 Å². The van der Waals surface area contributed by atoms with Crippen molar-refractivity contribution in [3.05, 3.63) is 132 Å². The van der Waals surface area contributed by atoms with Gasteiger partial charge in [-0.05, 0) is 31.8 Å². The predicted octanol–water partition coefficient (Wildman–Crippen LogP) is 3.94. The summed E-state index contributed by atoms with van der Waals surface area (Å²) in [6.07, 6.45) is 0. The van der Waals surface area contributed by atoms with Crippen molar-refractivity contribution in [3.8, 4) is 0 Å². The molecule has 0 unspecified atom stereocenters. The van der Waals surface area contributed by atoms with Crippen LogP contribution in [0.3, 0.4) is 0 Å². The first-order chi connectivity index (χ1) is 16.5. The van der Waals surface area contributed by atoms with E-state index in [1.807, 2.05) is 36.4 Å². The number of hydrogen-bond donors (Lipinski definition) is 0. The molecule has 0 aromatic heterocycles. The highest BCUT2D eigenvalue weighted by Crippen LogP contribution is 2.01. The van der Waals surface area contributed by atoms with Gasteiger partial charge in [-0.1, -0.05) is 120 Å². The highest BCUT2D eigenvalue weighted by Gasteiger charge is 2.04. The normalized spacial score (nSPS) is 9.79. The zero-order chi connectivity index (χ0) is 24.6. The summed E-state index contributed by atoms with van der Waals surface area (Å²) < 4.78 is 0. The van der Waals surface area contributed by atoms with E-state index in [0.717, 1.165) is 12.1 Å². The van der Waals surface area contributed by atoms with Crippen molar-refractivity contribution in [1.29, 1.82) is 0 Å². The summed E-state index contributed by atoms with van der Waals surface area (Å²) in [6.45, 7) is 1.03. The SMILES string of the molecule is CN(C)C(=O)c1ccccc1.CN(C)Cc1ccccc1.c1ccc([SiH2]c2ccccc2)cc1. The standard InChI is InChI=1S/C12H12Si.C9H11NO.C9H13N/c1-3-7-11(8-4-1)13-12-9-5-2-6-10-12;1-10(2)9(11)8-6-4-3-5-7-8;1-10(2)8-9-6-4-3-5-7-9/h1-10H,13H2;3-7H,1-2H3;3-7H,8H2,1-2H3. The third kappa shape index (κ3) is 10.9. The molecule has 0 saturated carbocycles. The van der Waals surface area contributed by atoms with E-state index < -0.39 is 0 Å². The Morgan fingerprint density at radius 2 is 0.971 bits per heavy atom. The molecule has 4 aromatic carbocycles. The van der Waals surface area contributed by atoms with Gasteiger partial charge in [0.05, 0.1) is 9.52 Å². The molecule has 0 aliphatic heterocycles. The smallest absolute Gasteiger partial charge is 0.253 e. The molecular formula is C30H36N2OSi. The Balaban J connectivity index is 0.000000182. The molecule has 176 valence electrons. The van der Waals surface area contributed by atoms with Gasteiger partial charge in [0.25, 0.3) is 5.91 Å². The maximum Gasteiger partial charge on any atom is 0.253 e. The van der Waals surface area contributed by atoms with Crippen LogP contribution in [0, 0.1) is 0 Å². The van der Waals surface area contributed by atoms with E-state index in [2.05, 4.69) is 104 Å². The van der Waals surface area contributed by atoms with E-state index in [1.54, 1.807) is 19.0 Å². The average Bonchev–Trinajstić information content (AvgIpc) is 2.86. The van der Waals surface area contributed by atoms with E-state index in [9.17, 15) is 4.79 Å². The first kappa shape index (κ1) is 26.8. The zero-order valence-electron chi connectivity index (χ0n) is 20.8. The van der Waals surface area contributed by atoms with Crippen molar-refractivity contribution in [2.24, 2.45) is 0 Å².